The first-order valence-electron chi connectivity index (χ1n) is 6.78. The summed E-state index contributed by atoms with van der Waals surface area (Å²) >= 11 is 0. The van der Waals surface area contributed by atoms with Gasteiger partial charge in [0.05, 0.1) is 11.7 Å². The molecule has 2 aromatic rings. The van der Waals surface area contributed by atoms with E-state index in [0.29, 0.717) is 0 Å². The lowest BCUT2D eigenvalue weighted by Crippen LogP contribution is -2.30. The van der Waals surface area contributed by atoms with Crippen LogP contribution >= 0.6 is 0 Å². The summed E-state index contributed by atoms with van der Waals surface area (Å²) in [5.41, 5.74) is 6.70. The van der Waals surface area contributed by atoms with Gasteiger partial charge in [0, 0.05) is 12.7 Å². The highest BCUT2D eigenvalue weighted by molar-refractivity contribution is 5.22. The van der Waals surface area contributed by atoms with Crippen LogP contribution in [0.3, 0.4) is 0 Å². The lowest BCUT2D eigenvalue weighted by molar-refractivity contribution is 0.467. The van der Waals surface area contributed by atoms with Gasteiger partial charge in [-0.3, -0.25) is 16.0 Å². The molecule has 19 heavy (non-hydrogen) atoms. The van der Waals surface area contributed by atoms with E-state index in [0.717, 1.165) is 25.1 Å². The van der Waals surface area contributed by atoms with Gasteiger partial charge in [-0.25, -0.2) is 0 Å². The van der Waals surface area contributed by atoms with Crippen LogP contribution in [0.2, 0.25) is 0 Å². The predicted octanol–water partition coefficient (Wildman–Crippen LogP) is 2.35. The fourth-order valence-corrected chi connectivity index (χ4v) is 2.40. The van der Waals surface area contributed by atoms with E-state index in [4.69, 9.17) is 5.84 Å². The van der Waals surface area contributed by atoms with Crippen molar-refractivity contribution < 1.29 is 0 Å². The summed E-state index contributed by atoms with van der Waals surface area (Å²) in [7, 11) is 0. The van der Waals surface area contributed by atoms with E-state index in [1.807, 2.05) is 16.9 Å². The molecule has 1 atom stereocenters. The Labute approximate surface area is 114 Å². The highest BCUT2D eigenvalue weighted by atomic mass is 15.3. The summed E-state index contributed by atoms with van der Waals surface area (Å²) in [6.45, 7) is 5.07. The Morgan fingerprint density at radius 3 is 2.89 bits per heavy atom. The number of hydrazine groups is 1. The van der Waals surface area contributed by atoms with Crippen LogP contribution in [-0.4, -0.2) is 9.78 Å². The first-order chi connectivity index (χ1) is 9.24. The first kappa shape index (κ1) is 13.8. The van der Waals surface area contributed by atoms with Crippen LogP contribution in [-0.2, 0) is 13.0 Å². The Kier molecular flexibility index (Phi) is 4.71. The zero-order valence-corrected chi connectivity index (χ0v) is 11.6. The monoisotopic (exact) mass is 258 g/mol. The van der Waals surface area contributed by atoms with Gasteiger partial charge in [0.2, 0.25) is 0 Å². The number of rotatable bonds is 6. The fourth-order valence-electron chi connectivity index (χ4n) is 2.40. The Hall–Kier alpha value is -1.65. The molecule has 0 saturated heterocycles. The van der Waals surface area contributed by atoms with Crippen LogP contribution in [0, 0.1) is 6.92 Å². The Balaban J connectivity index is 2.04. The smallest absolute Gasteiger partial charge is 0.0632 e. The number of hydrogen-bond acceptors (Lipinski definition) is 3. The van der Waals surface area contributed by atoms with Crippen molar-refractivity contribution in [2.75, 3.05) is 0 Å². The molecule has 1 heterocycles. The lowest BCUT2D eigenvalue weighted by atomic mass is 10.0. The minimum absolute atomic E-state index is 0.142. The second kappa shape index (κ2) is 6.50. The highest BCUT2D eigenvalue weighted by Crippen LogP contribution is 2.18. The van der Waals surface area contributed by atoms with Crippen molar-refractivity contribution in [3.63, 3.8) is 0 Å². The summed E-state index contributed by atoms with van der Waals surface area (Å²) in [4.78, 5) is 0. The van der Waals surface area contributed by atoms with Gasteiger partial charge in [0.1, 0.15) is 0 Å². The molecule has 2 rings (SSSR count). The van der Waals surface area contributed by atoms with E-state index in [1.165, 1.54) is 11.1 Å². The number of nitrogens with two attached hydrogens (primary N) is 1. The quantitative estimate of drug-likeness (QED) is 0.617. The molecule has 0 radical (unpaired) electrons. The lowest BCUT2D eigenvalue weighted by Gasteiger charge is -2.17. The predicted molar refractivity (Wildman–Crippen MR) is 77.5 cm³/mol. The van der Waals surface area contributed by atoms with Crippen LogP contribution in [0.4, 0.5) is 0 Å². The zero-order chi connectivity index (χ0) is 13.7. The summed E-state index contributed by atoms with van der Waals surface area (Å²) in [5.74, 6) is 5.69. The molecule has 0 spiro atoms. The van der Waals surface area contributed by atoms with E-state index in [-0.39, 0.29) is 6.04 Å². The average molecular weight is 258 g/mol. The molecule has 1 unspecified atom stereocenters. The third-order valence-electron chi connectivity index (χ3n) is 3.41. The number of nitrogens with one attached hydrogen (secondary N) is 1. The number of hydrogen-bond donors (Lipinski definition) is 2. The minimum atomic E-state index is 0.142. The molecule has 0 aliphatic rings. The second-order valence-electron chi connectivity index (χ2n) is 4.82. The third-order valence-corrected chi connectivity index (χ3v) is 3.41. The number of nitrogens with zero attached hydrogens (tertiary/aromatic N) is 2. The van der Waals surface area contributed by atoms with Crippen LogP contribution in [0.15, 0.2) is 36.5 Å². The van der Waals surface area contributed by atoms with Gasteiger partial charge in [-0.05, 0) is 38.3 Å². The van der Waals surface area contributed by atoms with E-state index >= 15 is 0 Å². The highest BCUT2D eigenvalue weighted by Gasteiger charge is 2.14. The topological polar surface area (TPSA) is 55.9 Å². The molecular formula is C15H22N4. The normalized spacial score (nSPS) is 12.6. The van der Waals surface area contributed by atoms with E-state index in [1.54, 1.807) is 0 Å². The second-order valence-corrected chi connectivity index (χ2v) is 4.82. The van der Waals surface area contributed by atoms with Gasteiger partial charge in [0.25, 0.3) is 0 Å². The largest absolute Gasteiger partial charge is 0.271 e. The molecule has 0 aliphatic carbocycles. The third kappa shape index (κ3) is 3.43. The summed E-state index contributed by atoms with van der Waals surface area (Å²) < 4.78 is 1.99. The molecule has 0 aliphatic heterocycles. The maximum Gasteiger partial charge on any atom is 0.0632 e. The molecule has 4 heteroatoms. The Bertz CT molecular complexity index is 518. The molecule has 0 saturated carbocycles. The molecule has 0 bridgehead atoms. The molecule has 0 fully saturated rings. The van der Waals surface area contributed by atoms with Crippen molar-refractivity contribution in [2.45, 2.75) is 39.3 Å². The van der Waals surface area contributed by atoms with E-state index in [2.05, 4.69) is 48.6 Å². The van der Waals surface area contributed by atoms with E-state index < -0.39 is 0 Å². The fraction of sp³-hybridized carbons (Fsp3) is 0.400. The molecule has 1 aromatic carbocycles. The van der Waals surface area contributed by atoms with Gasteiger partial charge in [0.15, 0.2) is 0 Å². The van der Waals surface area contributed by atoms with Gasteiger partial charge >= 0.3 is 0 Å². The van der Waals surface area contributed by atoms with Crippen molar-refractivity contribution in [2.24, 2.45) is 5.84 Å². The van der Waals surface area contributed by atoms with Crippen LogP contribution in [0.5, 0.6) is 0 Å². The Morgan fingerprint density at radius 2 is 2.21 bits per heavy atom. The summed E-state index contributed by atoms with van der Waals surface area (Å²) in [5, 5.41) is 4.29. The Morgan fingerprint density at radius 1 is 1.37 bits per heavy atom. The molecule has 102 valence electrons. The SMILES string of the molecule is CCn1nccc1C(CCc1cccc(C)c1)NN. The first-order valence-corrected chi connectivity index (χ1v) is 6.78. The van der Waals surface area contributed by atoms with E-state index in [9.17, 15) is 0 Å². The number of aryl methyl sites for hydroxylation is 3. The molecular weight excluding hydrogens is 236 g/mol. The van der Waals surface area contributed by atoms with Crippen molar-refractivity contribution in [3.8, 4) is 0 Å². The number of aromatic nitrogens is 2. The molecule has 1 aromatic heterocycles. The van der Waals surface area contributed by atoms with Crippen LogP contribution < -0.4 is 11.3 Å². The molecule has 0 amide bonds. The number of benzene rings is 1. The van der Waals surface area contributed by atoms with Gasteiger partial charge in [-0.1, -0.05) is 29.8 Å². The summed E-state index contributed by atoms with van der Waals surface area (Å²) in [6, 6.07) is 10.8. The zero-order valence-electron chi connectivity index (χ0n) is 11.6. The van der Waals surface area contributed by atoms with Crippen LogP contribution in [0.1, 0.15) is 36.2 Å². The van der Waals surface area contributed by atoms with Gasteiger partial charge in [-0.2, -0.15) is 5.10 Å². The summed E-state index contributed by atoms with van der Waals surface area (Å²) in [6.07, 6.45) is 3.80. The van der Waals surface area contributed by atoms with Gasteiger partial charge in [-0.15, -0.1) is 0 Å². The van der Waals surface area contributed by atoms with Crippen molar-refractivity contribution in [1.29, 1.82) is 0 Å². The molecule has 3 N–H and O–H groups in total. The average Bonchev–Trinajstić information content (AvgIpc) is 2.88. The van der Waals surface area contributed by atoms with Crippen molar-refractivity contribution >= 4 is 0 Å². The van der Waals surface area contributed by atoms with Gasteiger partial charge < -0.3 is 0 Å². The molecule has 4 nitrogen and oxygen atoms in total. The standard InChI is InChI=1S/C15H22N4/c1-3-19-15(9-10-17-19)14(18-16)8-7-13-6-4-5-12(2)11-13/h4-6,9-11,14,18H,3,7-8,16H2,1-2H3. The minimum Gasteiger partial charge on any atom is -0.271 e. The van der Waals surface area contributed by atoms with Crippen molar-refractivity contribution in [1.82, 2.24) is 15.2 Å². The maximum atomic E-state index is 5.69. The maximum absolute atomic E-state index is 5.69. The van der Waals surface area contributed by atoms with Crippen molar-refractivity contribution in [3.05, 3.63) is 53.3 Å². The van der Waals surface area contributed by atoms with Crippen LogP contribution in [0.25, 0.3) is 0 Å².